The summed E-state index contributed by atoms with van der Waals surface area (Å²) in [5, 5.41) is 3.69. The predicted molar refractivity (Wildman–Crippen MR) is 245 cm³/mol. The van der Waals surface area contributed by atoms with Gasteiger partial charge in [0.25, 0.3) is 0 Å². The molecular formula is C55H42N2. The van der Waals surface area contributed by atoms with Crippen molar-refractivity contribution in [2.24, 2.45) is 0 Å². The number of rotatable bonds is 8. The molecule has 57 heavy (non-hydrogen) atoms. The highest BCUT2D eigenvalue weighted by atomic mass is 15.0. The van der Waals surface area contributed by atoms with Gasteiger partial charge >= 0.3 is 0 Å². The minimum absolute atomic E-state index is 1.09. The highest BCUT2D eigenvalue weighted by Crippen LogP contribution is 2.39. The maximum absolute atomic E-state index is 4.30. The second kappa shape index (κ2) is 14.5. The quantitative estimate of drug-likeness (QED) is 0.147. The summed E-state index contributed by atoms with van der Waals surface area (Å²) < 4.78 is 4.74. The zero-order valence-corrected chi connectivity index (χ0v) is 32.1. The molecule has 1 aliphatic carbocycles. The first-order chi connectivity index (χ1) is 28.2. The van der Waals surface area contributed by atoms with Crippen LogP contribution in [0.1, 0.15) is 36.6 Å². The standard InChI is InChI=1S/C55H42N2/c1-3-14-48-50-36-44(27-33-54(50)56(52(48)4-2)46-31-25-41(26-32-46)43-20-13-19-42(35-43)39-17-9-6-10-18-39)45-28-34-55-51(37-45)49-21-11-12-22-53(49)57(55)47-29-23-40(24-30-47)38-15-7-5-8-16-38/h3-5,7-9,11-37H,2,6,10H2,1H3/b14-3-. The molecule has 0 radical (unpaired) electrons. The number of nitrogens with zero attached hydrogens (tertiary/aromatic N) is 2. The highest BCUT2D eigenvalue weighted by molar-refractivity contribution is 6.11. The van der Waals surface area contributed by atoms with E-state index >= 15 is 0 Å². The number of fused-ring (bicyclic) bond motifs is 4. The third kappa shape index (κ3) is 6.07. The van der Waals surface area contributed by atoms with E-state index in [2.05, 4.69) is 217 Å². The van der Waals surface area contributed by atoms with Crippen molar-refractivity contribution in [3.05, 3.63) is 211 Å². The monoisotopic (exact) mass is 730 g/mol. The Balaban J connectivity index is 1.04. The van der Waals surface area contributed by atoms with Crippen LogP contribution in [0.3, 0.4) is 0 Å². The molecule has 2 nitrogen and oxygen atoms in total. The normalized spacial score (nSPS) is 12.9. The molecule has 1 aliphatic rings. The Kier molecular flexibility index (Phi) is 8.73. The summed E-state index contributed by atoms with van der Waals surface area (Å²) in [6.45, 7) is 6.38. The first-order valence-electron chi connectivity index (χ1n) is 19.9. The fourth-order valence-corrected chi connectivity index (χ4v) is 8.71. The molecule has 9 aromatic rings. The van der Waals surface area contributed by atoms with Crippen LogP contribution in [0.4, 0.5) is 0 Å². The number of para-hydroxylation sites is 1. The third-order valence-corrected chi connectivity index (χ3v) is 11.5. The summed E-state index contributed by atoms with van der Waals surface area (Å²) in [7, 11) is 0. The van der Waals surface area contributed by atoms with Crippen molar-refractivity contribution < 1.29 is 0 Å². The topological polar surface area (TPSA) is 9.86 Å². The van der Waals surface area contributed by atoms with Crippen LogP contribution in [0.15, 0.2) is 195 Å². The summed E-state index contributed by atoms with van der Waals surface area (Å²) >= 11 is 0. The summed E-state index contributed by atoms with van der Waals surface area (Å²) in [6.07, 6.45) is 15.4. The molecule has 0 fully saturated rings. The van der Waals surface area contributed by atoms with Crippen molar-refractivity contribution in [3.8, 4) is 44.8 Å². The molecule has 0 amide bonds. The van der Waals surface area contributed by atoms with E-state index in [0.717, 1.165) is 35.4 Å². The van der Waals surface area contributed by atoms with E-state index in [9.17, 15) is 0 Å². The van der Waals surface area contributed by atoms with E-state index in [1.165, 1.54) is 77.3 Å². The maximum atomic E-state index is 4.30. The molecule has 7 aromatic carbocycles. The largest absolute Gasteiger partial charge is 0.309 e. The summed E-state index contributed by atoms with van der Waals surface area (Å²) in [5.74, 6) is 0. The molecular weight excluding hydrogens is 689 g/mol. The van der Waals surface area contributed by atoms with E-state index in [1.54, 1.807) is 0 Å². The van der Waals surface area contributed by atoms with Crippen LogP contribution in [0.2, 0.25) is 0 Å². The molecule has 0 saturated heterocycles. The Morgan fingerprint density at radius 2 is 1.04 bits per heavy atom. The molecule has 272 valence electrons. The molecule has 0 spiro atoms. The highest BCUT2D eigenvalue weighted by Gasteiger charge is 2.18. The van der Waals surface area contributed by atoms with Gasteiger partial charge in [-0.05, 0) is 131 Å². The first kappa shape index (κ1) is 34.3. The van der Waals surface area contributed by atoms with Crippen molar-refractivity contribution in [2.75, 3.05) is 0 Å². The molecule has 2 heteroatoms. The second-order valence-electron chi connectivity index (χ2n) is 14.8. The number of benzene rings is 7. The van der Waals surface area contributed by atoms with Gasteiger partial charge in [-0.3, -0.25) is 0 Å². The van der Waals surface area contributed by atoms with Gasteiger partial charge in [-0.2, -0.15) is 0 Å². The van der Waals surface area contributed by atoms with Crippen LogP contribution < -0.4 is 0 Å². The lowest BCUT2D eigenvalue weighted by atomic mass is 9.96. The van der Waals surface area contributed by atoms with Crippen LogP contribution in [-0.2, 0) is 0 Å². The molecule has 2 aromatic heterocycles. The molecule has 10 rings (SSSR count). The molecule has 0 aliphatic heterocycles. The summed E-state index contributed by atoms with van der Waals surface area (Å²) in [5.41, 5.74) is 17.9. The van der Waals surface area contributed by atoms with Crippen LogP contribution in [0.5, 0.6) is 0 Å². The van der Waals surface area contributed by atoms with Gasteiger partial charge in [0.15, 0.2) is 0 Å². The van der Waals surface area contributed by atoms with E-state index in [-0.39, 0.29) is 0 Å². The summed E-state index contributed by atoms with van der Waals surface area (Å²) in [4.78, 5) is 0. The molecule has 0 bridgehead atoms. The van der Waals surface area contributed by atoms with Crippen molar-refractivity contribution in [1.29, 1.82) is 0 Å². The zero-order valence-electron chi connectivity index (χ0n) is 32.1. The van der Waals surface area contributed by atoms with Gasteiger partial charge in [0, 0.05) is 33.1 Å². The molecule has 0 saturated carbocycles. The number of hydrogen-bond acceptors (Lipinski definition) is 0. The third-order valence-electron chi connectivity index (χ3n) is 11.5. The van der Waals surface area contributed by atoms with Crippen LogP contribution in [-0.4, -0.2) is 9.13 Å². The molecule has 2 heterocycles. The molecule has 0 N–H and O–H groups in total. The number of hydrogen-bond donors (Lipinski definition) is 0. The fourth-order valence-electron chi connectivity index (χ4n) is 8.71. The van der Waals surface area contributed by atoms with Gasteiger partial charge < -0.3 is 9.13 Å². The number of allylic oxidation sites excluding steroid dienone is 5. The average Bonchev–Trinajstić information content (AvgIpc) is 3.78. The number of aromatic nitrogens is 2. The Morgan fingerprint density at radius 1 is 0.474 bits per heavy atom. The Hall–Kier alpha value is -7.16. The minimum Gasteiger partial charge on any atom is -0.309 e. The van der Waals surface area contributed by atoms with Crippen LogP contribution in [0.25, 0.3) is 95.2 Å². The van der Waals surface area contributed by atoms with Gasteiger partial charge in [-0.1, -0.05) is 140 Å². The molecule has 0 unspecified atom stereocenters. The van der Waals surface area contributed by atoms with Crippen molar-refractivity contribution >= 4 is 50.4 Å². The van der Waals surface area contributed by atoms with Gasteiger partial charge in [0.2, 0.25) is 0 Å². The minimum atomic E-state index is 1.09. The van der Waals surface area contributed by atoms with Gasteiger partial charge in [0.05, 0.1) is 22.2 Å². The Labute approximate surface area is 334 Å². The smallest absolute Gasteiger partial charge is 0.0541 e. The van der Waals surface area contributed by atoms with E-state index in [1.807, 2.05) is 6.08 Å². The lowest BCUT2D eigenvalue weighted by molar-refractivity contribution is 1.04. The first-order valence-corrected chi connectivity index (χ1v) is 19.9. The Morgan fingerprint density at radius 3 is 1.74 bits per heavy atom. The van der Waals surface area contributed by atoms with Crippen LogP contribution >= 0.6 is 0 Å². The SMILES string of the molecule is C=Cc1c(/C=C\C)c2cc(-c3ccc4c(c3)c3ccccc3n4-c3ccc(-c4ccccc4)cc3)ccc2n1-c1ccc(-c2cccc(C3=CCCC=C3)c2)cc1. The van der Waals surface area contributed by atoms with Gasteiger partial charge in [-0.15, -0.1) is 0 Å². The maximum Gasteiger partial charge on any atom is 0.0541 e. The van der Waals surface area contributed by atoms with E-state index < -0.39 is 0 Å². The lowest BCUT2D eigenvalue weighted by Gasteiger charge is -2.12. The van der Waals surface area contributed by atoms with Crippen molar-refractivity contribution in [1.82, 2.24) is 9.13 Å². The van der Waals surface area contributed by atoms with Crippen molar-refractivity contribution in [3.63, 3.8) is 0 Å². The van der Waals surface area contributed by atoms with Gasteiger partial charge in [-0.25, -0.2) is 0 Å². The summed E-state index contributed by atoms with van der Waals surface area (Å²) in [6, 6.07) is 59.9. The predicted octanol–water partition coefficient (Wildman–Crippen LogP) is 15.1. The Bertz CT molecular complexity index is 3050. The van der Waals surface area contributed by atoms with Gasteiger partial charge in [0.1, 0.15) is 0 Å². The molecule has 0 atom stereocenters. The van der Waals surface area contributed by atoms with E-state index in [4.69, 9.17) is 0 Å². The second-order valence-corrected chi connectivity index (χ2v) is 14.8. The van der Waals surface area contributed by atoms with Crippen molar-refractivity contribution in [2.45, 2.75) is 19.8 Å². The van der Waals surface area contributed by atoms with Crippen LogP contribution in [0, 0.1) is 0 Å². The zero-order chi connectivity index (χ0) is 38.3. The van der Waals surface area contributed by atoms with E-state index in [0.29, 0.717) is 0 Å². The lowest BCUT2D eigenvalue weighted by Crippen LogP contribution is -1.97. The average molecular weight is 731 g/mol. The fraction of sp³-hybridized carbons (Fsp3) is 0.0545.